The van der Waals surface area contributed by atoms with E-state index in [2.05, 4.69) is 9.97 Å². The molecule has 1 aliphatic heterocycles. The normalized spacial score (nSPS) is 22.2. The molecule has 9 nitrogen and oxygen atoms in total. The van der Waals surface area contributed by atoms with Crippen molar-refractivity contribution in [2.24, 2.45) is 0 Å². The number of halogens is 2. The van der Waals surface area contributed by atoms with Crippen LogP contribution >= 0.6 is 11.8 Å². The summed E-state index contributed by atoms with van der Waals surface area (Å²) in [5, 5.41) is 0. The van der Waals surface area contributed by atoms with Crippen LogP contribution in [0.5, 0.6) is 5.75 Å². The molecule has 0 unspecified atom stereocenters. The van der Waals surface area contributed by atoms with Gasteiger partial charge in [-0.05, 0) is 24.3 Å². The van der Waals surface area contributed by atoms with Gasteiger partial charge < -0.3 is 18.9 Å². The lowest BCUT2D eigenvalue weighted by Gasteiger charge is -2.39. The summed E-state index contributed by atoms with van der Waals surface area (Å²) in [7, 11) is 0. The third-order valence-electron chi connectivity index (χ3n) is 4.39. The van der Waals surface area contributed by atoms with Crippen LogP contribution in [0.25, 0.3) is 11.3 Å². The van der Waals surface area contributed by atoms with E-state index >= 15 is 0 Å². The van der Waals surface area contributed by atoms with Crippen molar-refractivity contribution >= 4 is 29.7 Å². The van der Waals surface area contributed by atoms with E-state index in [-0.39, 0.29) is 17.2 Å². The largest absolute Gasteiger partial charge is 0.471 e. The Morgan fingerprint density at radius 2 is 1.61 bits per heavy atom. The summed E-state index contributed by atoms with van der Waals surface area (Å²) in [6.45, 7) is 3.49. The Bertz CT molecular complexity index is 1040. The second-order valence-corrected chi connectivity index (χ2v) is 8.10. The van der Waals surface area contributed by atoms with E-state index in [9.17, 15) is 23.2 Å². The van der Waals surface area contributed by atoms with Crippen molar-refractivity contribution in [1.29, 1.82) is 0 Å². The molecular weight excluding hydrogens is 462 g/mol. The fourth-order valence-electron chi connectivity index (χ4n) is 3.13. The average Bonchev–Trinajstić information content (AvgIpc) is 2.73. The molecule has 1 aliphatic rings. The number of aromatic nitrogens is 2. The van der Waals surface area contributed by atoms with Gasteiger partial charge in [-0.2, -0.15) is 8.78 Å². The van der Waals surface area contributed by atoms with Gasteiger partial charge in [-0.25, -0.2) is 9.97 Å². The van der Waals surface area contributed by atoms with Gasteiger partial charge in [0.2, 0.25) is 5.95 Å². The SMILES string of the molecule is CC(=O)O[C@@H]1[C@@H](OC(C)=O)[C@H](OC(C)=O)CS[C@H]1Oc1ccc(-c2ccc(F)nc2)nc1F. The van der Waals surface area contributed by atoms with Crippen LogP contribution < -0.4 is 4.74 Å². The van der Waals surface area contributed by atoms with Gasteiger partial charge in [-0.1, -0.05) is 0 Å². The van der Waals surface area contributed by atoms with Gasteiger partial charge in [0.1, 0.15) is 0 Å². The van der Waals surface area contributed by atoms with Crippen molar-refractivity contribution in [1.82, 2.24) is 9.97 Å². The Morgan fingerprint density at radius 1 is 0.939 bits per heavy atom. The molecular formula is C21H20F2N2O7S. The van der Waals surface area contributed by atoms with Crippen LogP contribution in [0.4, 0.5) is 8.78 Å². The van der Waals surface area contributed by atoms with Gasteiger partial charge in [-0.3, -0.25) is 14.4 Å². The highest BCUT2D eigenvalue weighted by Gasteiger charge is 2.48. The lowest BCUT2D eigenvalue weighted by atomic mass is 10.1. The lowest BCUT2D eigenvalue weighted by molar-refractivity contribution is -0.186. The summed E-state index contributed by atoms with van der Waals surface area (Å²) in [5.41, 5.74) is -0.404. The average molecular weight is 482 g/mol. The Balaban J connectivity index is 1.85. The highest BCUT2D eigenvalue weighted by Crippen LogP contribution is 2.35. The maximum atomic E-state index is 14.7. The molecule has 4 atom stereocenters. The zero-order valence-electron chi connectivity index (χ0n) is 17.8. The molecule has 0 saturated carbocycles. The van der Waals surface area contributed by atoms with Crippen LogP contribution in [0.2, 0.25) is 0 Å². The third kappa shape index (κ3) is 6.37. The van der Waals surface area contributed by atoms with Crippen molar-refractivity contribution in [2.75, 3.05) is 5.75 Å². The molecule has 1 fully saturated rings. The molecule has 0 aromatic carbocycles. The van der Waals surface area contributed by atoms with Gasteiger partial charge >= 0.3 is 17.9 Å². The van der Waals surface area contributed by atoms with E-state index in [1.54, 1.807) is 0 Å². The Kier molecular flexibility index (Phi) is 7.79. The smallest absolute Gasteiger partial charge is 0.303 e. The molecule has 0 N–H and O–H groups in total. The monoisotopic (exact) mass is 482 g/mol. The highest BCUT2D eigenvalue weighted by molar-refractivity contribution is 7.99. The van der Waals surface area contributed by atoms with E-state index in [1.807, 2.05) is 0 Å². The number of carbonyl (C=O) groups is 3. The van der Waals surface area contributed by atoms with E-state index in [0.29, 0.717) is 5.56 Å². The lowest BCUT2D eigenvalue weighted by Crippen LogP contribution is -2.55. The Labute approximate surface area is 191 Å². The zero-order chi connectivity index (χ0) is 24.1. The molecule has 33 heavy (non-hydrogen) atoms. The number of nitrogens with zero attached hydrogens (tertiary/aromatic N) is 2. The van der Waals surface area contributed by atoms with E-state index in [0.717, 1.165) is 31.7 Å². The maximum absolute atomic E-state index is 14.7. The minimum atomic E-state index is -1.20. The van der Waals surface area contributed by atoms with Gasteiger partial charge in [0.15, 0.2) is 29.5 Å². The molecule has 0 radical (unpaired) electrons. The predicted molar refractivity (Wildman–Crippen MR) is 111 cm³/mol. The molecule has 0 spiro atoms. The zero-order valence-corrected chi connectivity index (χ0v) is 18.6. The molecule has 3 rings (SSSR count). The molecule has 2 aromatic rings. The van der Waals surface area contributed by atoms with Crippen LogP contribution in [0, 0.1) is 11.9 Å². The maximum Gasteiger partial charge on any atom is 0.303 e. The van der Waals surface area contributed by atoms with Crippen LogP contribution in [0.1, 0.15) is 20.8 Å². The Morgan fingerprint density at radius 3 is 2.18 bits per heavy atom. The Hall–Kier alpha value is -3.28. The fraction of sp³-hybridized carbons (Fsp3) is 0.381. The van der Waals surface area contributed by atoms with Crippen molar-refractivity contribution in [3.05, 3.63) is 42.4 Å². The summed E-state index contributed by atoms with van der Waals surface area (Å²) in [6.07, 6.45) is -2.06. The summed E-state index contributed by atoms with van der Waals surface area (Å²) < 4.78 is 49.2. The first-order valence-corrected chi connectivity index (χ1v) is 10.8. The molecule has 2 aromatic heterocycles. The van der Waals surface area contributed by atoms with Gasteiger partial charge in [0.25, 0.3) is 5.95 Å². The fourth-order valence-corrected chi connectivity index (χ4v) is 4.34. The molecule has 0 amide bonds. The standard InChI is InChI=1S/C21H20F2N2O7S/c1-10(26)29-16-9-33-21(19(31-12(3)28)18(16)30-11(2)27)32-15-6-5-14(25-20(15)23)13-4-7-17(22)24-8-13/h4-8,16,18-19,21H,9H2,1-3H3/t16-,18+,19-,21-/m1/s1. The number of hydrogen-bond acceptors (Lipinski definition) is 10. The van der Waals surface area contributed by atoms with Crippen LogP contribution in [-0.4, -0.2) is 57.4 Å². The van der Waals surface area contributed by atoms with Gasteiger partial charge in [0, 0.05) is 38.3 Å². The number of rotatable bonds is 6. The molecule has 12 heteroatoms. The van der Waals surface area contributed by atoms with Crippen molar-refractivity contribution in [3.63, 3.8) is 0 Å². The minimum absolute atomic E-state index is 0.133. The number of ether oxygens (including phenoxy) is 4. The quantitative estimate of drug-likeness (QED) is 0.346. The summed E-state index contributed by atoms with van der Waals surface area (Å²) in [6, 6.07) is 5.28. The molecule has 1 saturated heterocycles. The number of carbonyl (C=O) groups excluding carboxylic acids is 3. The number of esters is 3. The van der Waals surface area contributed by atoms with Crippen LogP contribution in [0.15, 0.2) is 30.5 Å². The molecule has 0 aliphatic carbocycles. The molecule has 0 bridgehead atoms. The number of pyridine rings is 2. The summed E-state index contributed by atoms with van der Waals surface area (Å²) in [4.78, 5) is 42.1. The topological polar surface area (TPSA) is 114 Å². The van der Waals surface area contributed by atoms with Gasteiger partial charge in [0.05, 0.1) is 5.69 Å². The predicted octanol–water partition coefficient (Wildman–Crippen LogP) is 2.67. The second kappa shape index (κ2) is 10.6. The second-order valence-electron chi connectivity index (χ2n) is 6.97. The van der Waals surface area contributed by atoms with Gasteiger partial charge in [-0.15, -0.1) is 11.8 Å². The molecule has 3 heterocycles. The van der Waals surface area contributed by atoms with E-state index in [1.165, 1.54) is 31.3 Å². The third-order valence-corrected chi connectivity index (χ3v) is 5.60. The van der Waals surface area contributed by atoms with Crippen LogP contribution in [0.3, 0.4) is 0 Å². The van der Waals surface area contributed by atoms with Crippen LogP contribution in [-0.2, 0) is 28.6 Å². The van der Waals surface area contributed by atoms with Crippen molar-refractivity contribution < 1.29 is 42.1 Å². The number of thioether (sulfide) groups is 1. The van der Waals surface area contributed by atoms with E-state index < -0.39 is 53.6 Å². The minimum Gasteiger partial charge on any atom is -0.471 e. The summed E-state index contributed by atoms with van der Waals surface area (Å²) in [5.74, 6) is -3.77. The van der Waals surface area contributed by atoms with Crippen molar-refractivity contribution in [3.8, 4) is 17.0 Å². The molecule has 176 valence electrons. The summed E-state index contributed by atoms with van der Waals surface area (Å²) >= 11 is 1.09. The first kappa shape index (κ1) is 24.4. The van der Waals surface area contributed by atoms with E-state index in [4.69, 9.17) is 18.9 Å². The number of hydrogen-bond donors (Lipinski definition) is 0. The van der Waals surface area contributed by atoms with Crippen molar-refractivity contribution in [2.45, 2.75) is 44.5 Å². The first-order valence-electron chi connectivity index (χ1n) is 9.72. The first-order chi connectivity index (χ1) is 15.6. The highest BCUT2D eigenvalue weighted by atomic mass is 32.2.